The maximum absolute atomic E-state index is 13.2. The molecule has 0 spiro atoms. The molecule has 1 aliphatic rings. The van der Waals surface area contributed by atoms with Gasteiger partial charge in [-0.15, -0.1) is 0 Å². The molecule has 7 nitrogen and oxygen atoms in total. The largest absolute Gasteiger partial charge is 0.491 e. The van der Waals surface area contributed by atoms with Crippen molar-refractivity contribution in [2.45, 2.75) is 25.1 Å². The molecule has 10 heteroatoms. The van der Waals surface area contributed by atoms with Crippen LogP contribution in [0.3, 0.4) is 0 Å². The van der Waals surface area contributed by atoms with Gasteiger partial charge >= 0.3 is 6.18 Å². The first-order valence-electron chi connectivity index (χ1n) is 9.62. The Balaban J connectivity index is 1.50. The van der Waals surface area contributed by atoms with Crippen molar-refractivity contribution in [2.24, 2.45) is 0 Å². The lowest BCUT2D eigenvalue weighted by molar-refractivity contribution is -0.137. The second kappa shape index (κ2) is 8.76. The van der Waals surface area contributed by atoms with Crippen LogP contribution in [0.2, 0.25) is 0 Å². The molecule has 1 atom stereocenters. The zero-order chi connectivity index (χ0) is 21.8. The van der Waals surface area contributed by atoms with E-state index in [1.807, 2.05) is 0 Å². The fourth-order valence-corrected chi connectivity index (χ4v) is 3.21. The van der Waals surface area contributed by atoms with Gasteiger partial charge in [0.2, 0.25) is 0 Å². The summed E-state index contributed by atoms with van der Waals surface area (Å²) in [5.74, 6) is 0.0146. The highest BCUT2D eigenvalue weighted by molar-refractivity contribution is 6.05. The van der Waals surface area contributed by atoms with E-state index in [2.05, 4.69) is 15.4 Å². The van der Waals surface area contributed by atoms with Crippen molar-refractivity contribution in [1.82, 2.24) is 14.8 Å². The third-order valence-corrected chi connectivity index (χ3v) is 4.81. The predicted molar refractivity (Wildman–Crippen MR) is 105 cm³/mol. The van der Waals surface area contributed by atoms with Crippen LogP contribution in [0.4, 0.5) is 18.9 Å². The summed E-state index contributed by atoms with van der Waals surface area (Å²) in [7, 11) is 0. The molecule has 31 heavy (non-hydrogen) atoms. The summed E-state index contributed by atoms with van der Waals surface area (Å²) >= 11 is 0. The molecule has 1 aromatic heterocycles. The van der Waals surface area contributed by atoms with E-state index < -0.39 is 17.6 Å². The highest BCUT2D eigenvalue weighted by Gasteiger charge is 2.31. The Morgan fingerprint density at radius 1 is 1.23 bits per heavy atom. The van der Waals surface area contributed by atoms with Crippen molar-refractivity contribution in [3.8, 4) is 11.4 Å². The Kier molecular flexibility index (Phi) is 5.90. The van der Waals surface area contributed by atoms with Gasteiger partial charge in [-0.2, -0.15) is 18.3 Å². The quantitative estimate of drug-likeness (QED) is 0.635. The summed E-state index contributed by atoms with van der Waals surface area (Å²) in [5, 5.41) is 6.47. The van der Waals surface area contributed by atoms with Gasteiger partial charge in [0.25, 0.3) is 5.91 Å². The Morgan fingerprint density at radius 2 is 2.03 bits per heavy atom. The first kappa shape index (κ1) is 20.9. The number of benzene rings is 2. The molecule has 1 fully saturated rings. The standard InChI is InChI=1S/C21H19F3N4O3/c22-21(23,24)15-5-8-19(28-13-25-12-26-28)18(10-15)27-20(29)14-3-6-16(7-4-14)31-11-17-2-1-9-30-17/h3-8,10,12-13,17H,1-2,9,11H2,(H,27,29). The first-order valence-corrected chi connectivity index (χ1v) is 9.62. The number of hydrogen-bond donors (Lipinski definition) is 1. The Hall–Kier alpha value is -3.40. The number of halogens is 3. The van der Waals surface area contributed by atoms with Crippen molar-refractivity contribution in [1.29, 1.82) is 0 Å². The molecule has 1 aliphatic heterocycles. The minimum absolute atomic E-state index is 0.0379. The third-order valence-electron chi connectivity index (χ3n) is 4.81. The van der Waals surface area contributed by atoms with E-state index in [9.17, 15) is 18.0 Å². The number of hydrogen-bond acceptors (Lipinski definition) is 5. The van der Waals surface area contributed by atoms with Gasteiger partial charge in [-0.25, -0.2) is 9.67 Å². The zero-order valence-electron chi connectivity index (χ0n) is 16.3. The van der Waals surface area contributed by atoms with Crippen molar-refractivity contribution < 1.29 is 27.4 Å². The summed E-state index contributed by atoms with van der Waals surface area (Å²) in [6.45, 7) is 1.16. The number of carbonyl (C=O) groups excluding carboxylic acids is 1. The Labute approximate surface area is 175 Å². The number of ether oxygens (including phenoxy) is 2. The second-order valence-electron chi connectivity index (χ2n) is 6.99. The van der Waals surface area contributed by atoms with E-state index in [0.717, 1.165) is 31.6 Å². The van der Waals surface area contributed by atoms with Crippen LogP contribution < -0.4 is 10.1 Å². The van der Waals surface area contributed by atoms with Crippen LogP contribution in [-0.4, -0.2) is 40.0 Å². The smallest absolute Gasteiger partial charge is 0.416 e. The monoisotopic (exact) mass is 432 g/mol. The zero-order valence-corrected chi connectivity index (χ0v) is 16.3. The topological polar surface area (TPSA) is 78.3 Å². The van der Waals surface area contributed by atoms with Crippen molar-refractivity contribution in [2.75, 3.05) is 18.5 Å². The molecule has 2 aromatic carbocycles. The summed E-state index contributed by atoms with van der Waals surface area (Å²) < 4.78 is 51.9. The number of anilines is 1. The number of aromatic nitrogens is 3. The lowest BCUT2D eigenvalue weighted by Crippen LogP contribution is -2.17. The molecule has 0 radical (unpaired) electrons. The van der Waals surface area contributed by atoms with Gasteiger partial charge in [-0.1, -0.05) is 0 Å². The molecule has 162 valence electrons. The van der Waals surface area contributed by atoms with Crippen LogP contribution in [0.15, 0.2) is 55.1 Å². The van der Waals surface area contributed by atoms with E-state index in [0.29, 0.717) is 12.4 Å². The molecule has 1 saturated heterocycles. The van der Waals surface area contributed by atoms with Crippen LogP contribution in [-0.2, 0) is 10.9 Å². The number of carbonyl (C=O) groups is 1. The van der Waals surface area contributed by atoms with Gasteiger partial charge in [-0.05, 0) is 55.3 Å². The van der Waals surface area contributed by atoms with Crippen LogP contribution >= 0.6 is 0 Å². The first-order chi connectivity index (χ1) is 14.9. The summed E-state index contributed by atoms with van der Waals surface area (Å²) in [5.41, 5.74) is -0.393. The minimum atomic E-state index is -4.55. The van der Waals surface area contributed by atoms with Gasteiger partial charge in [0, 0.05) is 12.2 Å². The average Bonchev–Trinajstić information content (AvgIpc) is 3.46. The predicted octanol–water partition coefficient (Wildman–Crippen LogP) is 4.10. The highest BCUT2D eigenvalue weighted by atomic mass is 19.4. The average molecular weight is 432 g/mol. The molecule has 1 amide bonds. The number of nitrogens with one attached hydrogen (secondary N) is 1. The van der Waals surface area contributed by atoms with Crippen molar-refractivity contribution in [3.05, 3.63) is 66.2 Å². The van der Waals surface area contributed by atoms with Gasteiger partial charge in [0.15, 0.2) is 0 Å². The number of nitrogens with zero attached hydrogens (tertiary/aromatic N) is 3. The molecular weight excluding hydrogens is 413 g/mol. The molecule has 0 aliphatic carbocycles. The summed E-state index contributed by atoms with van der Waals surface area (Å²) in [4.78, 5) is 16.5. The Bertz CT molecular complexity index is 1030. The molecule has 0 saturated carbocycles. The molecule has 1 unspecified atom stereocenters. The summed E-state index contributed by atoms with van der Waals surface area (Å²) in [6.07, 6.45) is 0.0590. The fourth-order valence-electron chi connectivity index (χ4n) is 3.21. The maximum Gasteiger partial charge on any atom is 0.416 e. The molecular formula is C21H19F3N4O3. The van der Waals surface area contributed by atoms with Crippen LogP contribution in [0, 0.1) is 0 Å². The van der Waals surface area contributed by atoms with Crippen molar-refractivity contribution >= 4 is 11.6 Å². The van der Waals surface area contributed by atoms with Crippen LogP contribution in [0.1, 0.15) is 28.8 Å². The van der Waals surface area contributed by atoms with Gasteiger partial charge in [0.1, 0.15) is 25.0 Å². The number of rotatable bonds is 6. The summed E-state index contributed by atoms with van der Waals surface area (Å²) in [6, 6.07) is 9.38. The second-order valence-corrected chi connectivity index (χ2v) is 6.99. The molecule has 0 bridgehead atoms. The van der Waals surface area contributed by atoms with Crippen molar-refractivity contribution in [3.63, 3.8) is 0 Å². The molecule has 3 aromatic rings. The third kappa shape index (κ3) is 5.02. The minimum Gasteiger partial charge on any atom is -0.491 e. The van der Waals surface area contributed by atoms with Gasteiger partial charge < -0.3 is 14.8 Å². The van der Waals surface area contributed by atoms with Gasteiger partial charge in [-0.3, -0.25) is 4.79 Å². The van der Waals surface area contributed by atoms with Crippen LogP contribution in [0.25, 0.3) is 5.69 Å². The Morgan fingerprint density at radius 3 is 2.68 bits per heavy atom. The van der Waals surface area contributed by atoms with E-state index in [4.69, 9.17) is 9.47 Å². The fraction of sp³-hybridized carbons (Fsp3) is 0.286. The molecule has 1 N–H and O–H groups in total. The highest BCUT2D eigenvalue weighted by Crippen LogP contribution is 2.33. The number of alkyl halides is 3. The SMILES string of the molecule is O=C(Nc1cc(C(F)(F)F)ccc1-n1cncn1)c1ccc(OCC2CCCO2)cc1. The molecule has 4 rings (SSSR count). The van der Waals surface area contributed by atoms with Gasteiger partial charge in [0.05, 0.1) is 23.0 Å². The lowest BCUT2D eigenvalue weighted by atomic mass is 10.1. The molecule has 2 heterocycles. The maximum atomic E-state index is 13.2. The lowest BCUT2D eigenvalue weighted by Gasteiger charge is -2.15. The number of amides is 1. The van der Waals surface area contributed by atoms with Crippen LogP contribution in [0.5, 0.6) is 5.75 Å². The van der Waals surface area contributed by atoms with E-state index in [-0.39, 0.29) is 23.0 Å². The van der Waals surface area contributed by atoms with E-state index >= 15 is 0 Å². The normalized spacial score (nSPS) is 16.3. The van der Waals surface area contributed by atoms with E-state index in [1.54, 1.807) is 24.3 Å². The van der Waals surface area contributed by atoms with E-state index in [1.165, 1.54) is 23.4 Å².